The number of hydrogen-bond donors (Lipinski definition) is 2. The van der Waals surface area contributed by atoms with Crippen LogP contribution in [0.2, 0.25) is 5.02 Å². The van der Waals surface area contributed by atoms with E-state index in [4.69, 9.17) is 11.6 Å². The monoisotopic (exact) mass is 430 g/mol. The number of nitrogens with one attached hydrogen (secondary N) is 2. The number of halogens is 1. The topological polar surface area (TPSA) is 79.0 Å². The molecule has 0 aliphatic carbocycles. The average Bonchev–Trinajstić information content (AvgIpc) is 2.96. The van der Waals surface area contributed by atoms with Gasteiger partial charge in [0.05, 0.1) is 11.9 Å². The van der Waals surface area contributed by atoms with Crippen LogP contribution >= 0.6 is 11.6 Å². The zero-order valence-electron chi connectivity index (χ0n) is 16.7. The molecule has 0 saturated carbocycles. The molecule has 3 rings (SSSR count). The van der Waals surface area contributed by atoms with Gasteiger partial charge in [-0.2, -0.15) is 0 Å². The highest BCUT2D eigenvalue weighted by molar-refractivity contribution is 7.92. The van der Waals surface area contributed by atoms with Crippen molar-refractivity contribution in [1.82, 2.24) is 4.98 Å². The summed E-state index contributed by atoms with van der Waals surface area (Å²) in [4.78, 5) is 16.3. The zero-order chi connectivity index (χ0) is 21.3. The van der Waals surface area contributed by atoms with Gasteiger partial charge in [-0.05, 0) is 66.9 Å². The van der Waals surface area contributed by atoms with Crippen LogP contribution in [0.3, 0.4) is 0 Å². The molecule has 0 bridgehead atoms. The maximum atomic E-state index is 12.9. The van der Waals surface area contributed by atoms with Gasteiger partial charge in [0.15, 0.2) is 0 Å². The van der Waals surface area contributed by atoms with Crippen LogP contribution in [0.25, 0.3) is 0 Å². The summed E-state index contributed by atoms with van der Waals surface area (Å²) >= 11 is 5.92. The average molecular weight is 431 g/mol. The number of H-pyrrole nitrogens is 1. The van der Waals surface area contributed by atoms with Crippen molar-refractivity contribution in [2.45, 2.75) is 26.7 Å². The molecule has 0 spiro atoms. The van der Waals surface area contributed by atoms with Gasteiger partial charge >= 0.3 is 0 Å². The first-order valence-corrected chi connectivity index (χ1v) is 11.4. The van der Waals surface area contributed by atoms with E-state index < -0.39 is 10.0 Å². The predicted molar refractivity (Wildman–Crippen MR) is 118 cm³/mol. The molecule has 2 N–H and O–H groups in total. The number of carbonyl (C=O) groups excluding carboxylic acids is 1. The first-order valence-electron chi connectivity index (χ1n) is 9.14. The molecule has 0 saturated heterocycles. The molecule has 0 amide bonds. The highest BCUT2D eigenvalue weighted by Gasteiger charge is 2.22. The van der Waals surface area contributed by atoms with Gasteiger partial charge in [-0.25, -0.2) is 8.42 Å². The Labute approximate surface area is 176 Å². The van der Waals surface area contributed by atoms with E-state index in [1.165, 1.54) is 0 Å². The SMILES string of the molecule is Cc1c(C(=O)c2ccc(Cl)cc2)[nH]c(C(C)c2ccc(NS(C)(=O)=O)cc2)c1C. The molecule has 1 atom stereocenters. The predicted octanol–water partition coefficient (Wildman–Crippen LogP) is 5.04. The van der Waals surface area contributed by atoms with E-state index in [9.17, 15) is 13.2 Å². The van der Waals surface area contributed by atoms with Crippen molar-refractivity contribution < 1.29 is 13.2 Å². The molecule has 152 valence electrons. The molecule has 1 aromatic heterocycles. The summed E-state index contributed by atoms with van der Waals surface area (Å²) in [6.07, 6.45) is 1.12. The molecule has 29 heavy (non-hydrogen) atoms. The fraction of sp³-hybridized carbons (Fsp3) is 0.227. The van der Waals surface area contributed by atoms with Crippen LogP contribution in [-0.2, 0) is 10.0 Å². The zero-order valence-corrected chi connectivity index (χ0v) is 18.3. The lowest BCUT2D eigenvalue weighted by Gasteiger charge is -2.13. The van der Waals surface area contributed by atoms with Crippen molar-refractivity contribution in [3.05, 3.63) is 87.2 Å². The van der Waals surface area contributed by atoms with Gasteiger partial charge in [-0.1, -0.05) is 30.7 Å². The van der Waals surface area contributed by atoms with Crippen LogP contribution in [-0.4, -0.2) is 25.4 Å². The number of ketones is 1. The van der Waals surface area contributed by atoms with Crippen molar-refractivity contribution >= 4 is 33.1 Å². The third-order valence-corrected chi connectivity index (χ3v) is 5.94. The lowest BCUT2D eigenvalue weighted by molar-refractivity contribution is 0.103. The van der Waals surface area contributed by atoms with Crippen LogP contribution < -0.4 is 4.72 Å². The van der Waals surface area contributed by atoms with Crippen molar-refractivity contribution in [2.24, 2.45) is 0 Å². The molecule has 5 nitrogen and oxygen atoms in total. The van der Waals surface area contributed by atoms with Crippen molar-refractivity contribution in [2.75, 3.05) is 11.0 Å². The Kier molecular flexibility index (Phi) is 5.87. The summed E-state index contributed by atoms with van der Waals surface area (Å²) in [6, 6.07) is 14.1. The normalized spacial score (nSPS) is 12.6. The van der Waals surface area contributed by atoms with E-state index in [2.05, 4.69) is 9.71 Å². The highest BCUT2D eigenvalue weighted by Crippen LogP contribution is 2.31. The lowest BCUT2D eigenvalue weighted by Crippen LogP contribution is -2.09. The summed E-state index contributed by atoms with van der Waals surface area (Å²) < 4.78 is 25.2. The van der Waals surface area contributed by atoms with Crippen LogP contribution in [0.15, 0.2) is 48.5 Å². The van der Waals surface area contributed by atoms with Crippen molar-refractivity contribution in [3.63, 3.8) is 0 Å². The van der Waals surface area contributed by atoms with Crippen LogP contribution in [0.4, 0.5) is 5.69 Å². The van der Waals surface area contributed by atoms with Crippen LogP contribution in [0, 0.1) is 13.8 Å². The minimum atomic E-state index is -3.31. The number of benzene rings is 2. The number of carbonyl (C=O) groups is 1. The lowest BCUT2D eigenvalue weighted by atomic mass is 9.94. The van der Waals surface area contributed by atoms with Gasteiger partial charge in [0.25, 0.3) is 0 Å². The maximum absolute atomic E-state index is 12.9. The summed E-state index contributed by atoms with van der Waals surface area (Å²) in [5.74, 6) is -0.0684. The Morgan fingerprint density at radius 1 is 1.00 bits per heavy atom. The Balaban J connectivity index is 1.90. The third-order valence-electron chi connectivity index (χ3n) is 5.08. The van der Waals surface area contributed by atoms with Crippen LogP contribution in [0.5, 0.6) is 0 Å². The summed E-state index contributed by atoms with van der Waals surface area (Å²) in [5.41, 5.74) is 5.59. The first-order chi connectivity index (χ1) is 13.6. The molecule has 1 unspecified atom stereocenters. The van der Waals surface area contributed by atoms with E-state index in [-0.39, 0.29) is 11.7 Å². The van der Waals surface area contributed by atoms with Gasteiger partial charge in [-0.3, -0.25) is 9.52 Å². The second-order valence-corrected chi connectivity index (χ2v) is 9.40. The van der Waals surface area contributed by atoms with Crippen molar-refractivity contribution in [1.29, 1.82) is 0 Å². The largest absolute Gasteiger partial charge is 0.355 e. The van der Waals surface area contributed by atoms with Gasteiger partial charge in [-0.15, -0.1) is 0 Å². The number of aromatic amines is 1. The molecule has 1 heterocycles. The molecule has 2 aromatic carbocycles. The fourth-order valence-corrected chi connectivity index (χ4v) is 4.03. The van der Waals surface area contributed by atoms with Gasteiger partial charge in [0.1, 0.15) is 0 Å². The molecule has 7 heteroatoms. The van der Waals surface area contributed by atoms with E-state index in [1.54, 1.807) is 36.4 Å². The molecular weight excluding hydrogens is 408 g/mol. The Morgan fingerprint density at radius 2 is 1.59 bits per heavy atom. The number of sulfonamides is 1. The Hall–Kier alpha value is -2.57. The molecular formula is C22H23ClN2O3S. The smallest absolute Gasteiger partial charge is 0.229 e. The number of aromatic nitrogens is 1. The van der Waals surface area contributed by atoms with E-state index in [0.717, 1.165) is 28.6 Å². The van der Waals surface area contributed by atoms with E-state index in [1.807, 2.05) is 32.9 Å². The number of rotatable bonds is 6. The number of hydrogen-bond acceptors (Lipinski definition) is 3. The summed E-state index contributed by atoms with van der Waals surface area (Å²) in [7, 11) is -3.31. The molecule has 0 aliphatic heterocycles. The molecule has 3 aromatic rings. The Morgan fingerprint density at radius 3 is 2.14 bits per heavy atom. The molecule has 0 radical (unpaired) electrons. The standard InChI is InChI=1S/C22H23ClN2O3S/c1-13-14(2)21(22(26)17-5-9-18(23)10-6-17)24-20(13)15(3)16-7-11-19(12-8-16)25-29(4,27)28/h5-12,15,24-25H,1-4H3. The van der Waals surface area contributed by atoms with Gasteiger partial charge < -0.3 is 4.98 Å². The maximum Gasteiger partial charge on any atom is 0.229 e. The third kappa shape index (κ3) is 4.71. The highest BCUT2D eigenvalue weighted by atomic mass is 35.5. The quantitative estimate of drug-likeness (QED) is 0.537. The number of anilines is 1. The minimum absolute atomic E-state index is 0.00718. The second-order valence-electron chi connectivity index (χ2n) is 7.22. The van der Waals surface area contributed by atoms with E-state index in [0.29, 0.717) is 22.0 Å². The fourth-order valence-electron chi connectivity index (χ4n) is 3.34. The van der Waals surface area contributed by atoms with E-state index >= 15 is 0 Å². The second kappa shape index (κ2) is 8.05. The first kappa shape index (κ1) is 21.1. The van der Waals surface area contributed by atoms with Gasteiger partial charge in [0, 0.05) is 27.9 Å². The molecule has 0 fully saturated rings. The minimum Gasteiger partial charge on any atom is -0.355 e. The Bertz CT molecular complexity index is 1150. The van der Waals surface area contributed by atoms with Crippen molar-refractivity contribution in [3.8, 4) is 0 Å². The van der Waals surface area contributed by atoms with Crippen LogP contribution in [0.1, 0.15) is 51.3 Å². The molecule has 0 aliphatic rings. The summed E-state index contributed by atoms with van der Waals surface area (Å²) in [5, 5.41) is 0.587. The van der Waals surface area contributed by atoms with Gasteiger partial charge in [0.2, 0.25) is 15.8 Å². The summed E-state index contributed by atoms with van der Waals surface area (Å²) in [6.45, 7) is 5.98.